The zero-order valence-corrected chi connectivity index (χ0v) is 22.1. The quantitative estimate of drug-likeness (QED) is 0.355. The normalized spacial score (nSPS) is 14.9. The summed E-state index contributed by atoms with van der Waals surface area (Å²) in [5.74, 6) is 1.47. The Morgan fingerprint density at radius 2 is 1.56 bits per heavy atom. The van der Waals surface area contributed by atoms with Crippen LogP contribution in [0.15, 0.2) is 66.7 Å². The Bertz CT molecular complexity index is 1060. The zero-order valence-electron chi connectivity index (χ0n) is 20.4. The molecule has 0 saturated carbocycles. The van der Waals surface area contributed by atoms with E-state index in [1.807, 2.05) is 12.1 Å². The fourth-order valence-electron chi connectivity index (χ4n) is 4.54. The predicted molar refractivity (Wildman–Crippen MR) is 147 cm³/mol. The fourth-order valence-corrected chi connectivity index (χ4v) is 4.54. The van der Waals surface area contributed by atoms with E-state index in [-0.39, 0.29) is 37.2 Å². The number of β-amino-alcohol motifs (C(OH)–C–C–N with tert-alkyl or cyclic N) is 1. The third kappa shape index (κ3) is 8.27. The molecular weight excluding hydrogens is 502 g/mol. The molecule has 1 saturated heterocycles. The van der Waals surface area contributed by atoms with Crippen LogP contribution in [0.2, 0.25) is 0 Å². The van der Waals surface area contributed by atoms with E-state index >= 15 is 0 Å². The average molecular weight is 538 g/mol. The van der Waals surface area contributed by atoms with E-state index < -0.39 is 6.10 Å². The van der Waals surface area contributed by atoms with Crippen LogP contribution >= 0.6 is 24.8 Å². The van der Waals surface area contributed by atoms with Gasteiger partial charge in [0.05, 0.1) is 7.11 Å². The zero-order chi connectivity index (χ0) is 23.9. The third-order valence-electron chi connectivity index (χ3n) is 6.45. The van der Waals surface area contributed by atoms with Crippen molar-refractivity contribution in [2.75, 3.05) is 39.1 Å². The van der Waals surface area contributed by atoms with Gasteiger partial charge < -0.3 is 25.2 Å². The summed E-state index contributed by atoms with van der Waals surface area (Å²) in [7, 11) is 1.58. The van der Waals surface area contributed by atoms with Gasteiger partial charge in [0.1, 0.15) is 18.5 Å². The van der Waals surface area contributed by atoms with Gasteiger partial charge >= 0.3 is 0 Å². The molecule has 0 amide bonds. The smallest absolute Gasteiger partial charge is 0.163 e. The first-order valence-electron chi connectivity index (χ1n) is 11.8. The molecule has 3 N–H and O–H groups in total. The van der Waals surface area contributed by atoms with Crippen LogP contribution in [0.3, 0.4) is 0 Å². The second-order valence-corrected chi connectivity index (χ2v) is 8.99. The Hall–Kier alpha value is -2.51. The van der Waals surface area contributed by atoms with E-state index in [1.54, 1.807) is 25.3 Å². The number of piperidine rings is 1. The SMILES string of the molecule is COc1ccc(N)cc1OC[C@@H](O)CN1CCC(c2ccc(Cc3ccc(F)cc3)cc2)CC1.Cl.Cl. The number of hydrogen-bond acceptors (Lipinski definition) is 5. The molecule has 4 rings (SSSR count). The first kappa shape index (κ1) is 29.7. The molecule has 36 heavy (non-hydrogen) atoms. The maximum absolute atomic E-state index is 13.1. The molecular formula is C28H35Cl2FN2O3. The number of nitrogens with zero attached hydrogens (tertiary/aromatic N) is 1. The standard InChI is InChI=1S/C28H33FN2O3.2ClH/c1-33-27-11-10-25(30)17-28(27)34-19-26(32)18-31-14-12-23(13-15-31)22-6-2-20(3-7-22)16-21-4-8-24(29)9-5-21;;/h2-11,17,23,26,32H,12-16,18-19,30H2,1H3;2*1H/t26-;;/m0../s1. The number of likely N-dealkylation sites (tertiary alicyclic amines) is 1. The van der Waals surface area contributed by atoms with E-state index in [4.69, 9.17) is 15.2 Å². The van der Waals surface area contributed by atoms with Crippen molar-refractivity contribution >= 4 is 30.5 Å². The molecule has 5 nitrogen and oxygen atoms in total. The van der Waals surface area contributed by atoms with E-state index in [1.165, 1.54) is 23.3 Å². The summed E-state index contributed by atoms with van der Waals surface area (Å²) in [4.78, 5) is 2.30. The van der Waals surface area contributed by atoms with Gasteiger partial charge in [-0.05, 0) is 79.2 Å². The number of aliphatic hydroxyl groups is 1. The lowest BCUT2D eigenvalue weighted by Gasteiger charge is -2.33. The first-order chi connectivity index (χ1) is 16.5. The average Bonchev–Trinajstić information content (AvgIpc) is 2.85. The Morgan fingerprint density at radius 3 is 2.17 bits per heavy atom. The first-order valence-corrected chi connectivity index (χ1v) is 11.8. The maximum atomic E-state index is 13.1. The lowest BCUT2D eigenvalue weighted by Crippen LogP contribution is -2.40. The van der Waals surface area contributed by atoms with Crippen LogP contribution in [0.25, 0.3) is 0 Å². The van der Waals surface area contributed by atoms with Crippen molar-refractivity contribution in [2.45, 2.75) is 31.3 Å². The van der Waals surface area contributed by atoms with E-state index in [9.17, 15) is 9.50 Å². The molecule has 3 aromatic rings. The van der Waals surface area contributed by atoms with Crippen LogP contribution in [-0.4, -0.2) is 49.5 Å². The summed E-state index contributed by atoms with van der Waals surface area (Å²) in [5, 5.41) is 10.5. The summed E-state index contributed by atoms with van der Waals surface area (Å²) < 4.78 is 24.2. The molecule has 0 aliphatic carbocycles. The molecule has 196 valence electrons. The lowest BCUT2D eigenvalue weighted by molar-refractivity contribution is 0.0586. The second kappa shape index (κ2) is 14.3. The number of halogens is 3. The highest BCUT2D eigenvalue weighted by molar-refractivity contribution is 5.85. The summed E-state index contributed by atoms with van der Waals surface area (Å²) in [6.45, 7) is 2.66. The van der Waals surface area contributed by atoms with Gasteiger partial charge in [0, 0.05) is 18.3 Å². The summed E-state index contributed by atoms with van der Waals surface area (Å²) in [5.41, 5.74) is 10.1. The number of methoxy groups -OCH3 is 1. The van der Waals surface area contributed by atoms with Crippen molar-refractivity contribution in [3.8, 4) is 11.5 Å². The van der Waals surface area contributed by atoms with Crippen LogP contribution < -0.4 is 15.2 Å². The fraction of sp³-hybridized carbons (Fsp3) is 0.357. The van der Waals surface area contributed by atoms with Crippen LogP contribution in [0.5, 0.6) is 11.5 Å². The van der Waals surface area contributed by atoms with Crippen molar-refractivity contribution in [1.29, 1.82) is 0 Å². The van der Waals surface area contributed by atoms with Crippen molar-refractivity contribution in [1.82, 2.24) is 4.90 Å². The minimum absolute atomic E-state index is 0. The van der Waals surface area contributed by atoms with Crippen LogP contribution in [-0.2, 0) is 6.42 Å². The Balaban J connectivity index is 0.00000228. The molecule has 1 heterocycles. The van der Waals surface area contributed by atoms with Crippen molar-refractivity contribution in [2.24, 2.45) is 0 Å². The van der Waals surface area contributed by atoms with Crippen molar-refractivity contribution in [3.05, 3.63) is 89.2 Å². The predicted octanol–water partition coefficient (Wildman–Crippen LogP) is 5.47. The number of anilines is 1. The summed E-state index contributed by atoms with van der Waals surface area (Å²) in [6.07, 6.45) is 2.34. The highest BCUT2D eigenvalue weighted by atomic mass is 35.5. The lowest BCUT2D eigenvalue weighted by atomic mass is 9.88. The van der Waals surface area contributed by atoms with Gasteiger partial charge in [0.25, 0.3) is 0 Å². The van der Waals surface area contributed by atoms with Crippen LogP contribution in [0, 0.1) is 5.82 Å². The molecule has 8 heteroatoms. The number of nitrogen functional groups attached to an aromatic ring is 1. The minimum atomic E-state index is -0.589. The largest absolute Gasteiger partial charge is 0.493 e. The van der Waals surface area contributed by atoms with Gasteiger partial charge in [-0.1, -0.05) is 36.4 Å². The van der Waals surface area contributed by atoms with Crippen molar-refractivity contribution < 1.29 is 19.0 Å². The minimum Gasteiger partial charge on any atom is -0.493 e. The Kier molecular flexibility index (Phi) is 11.8. The molecule has 0 bridgehead atoms. The second-order valence-electron chi connectivity index (χ2n) is 8.99. The molecule has 1 atom stereocenters. The number of benzene rings is 3. The third-order valence-corrected chi connectivity index (χ3v) is 6.45. The van der Waals surface area contributed by atoms with Gasteiger partial charge in [-0.2, -0.15) is 0 Å². The molecule has 1 aliphatic heterocycles. The highest BCUT2D eigenvalue weighted by Gasteiger charge is 2.22. The number of ether oxygens (including phenoxy) is 2. The highest BCUT2D eigenvalue weighted by Crippen LogP contribution is 2.30. The molecule has 0 unspecified atom stereocenters. The number of rotatable bonds is 9. The molecule has 0 aromatic heterocycles. The number of hydrogen-bond donors (Lipinski definition) is 2. The molecule has 1 aliphatic rings. The van der Waals surface area contributed by atoms with Gasteiger partial charge in [0.2, 0.25) is 0 Å². The van der Waals surface area contributed by atoms with Crippen LogP contribution in [0.4, 0.5) is 10.1 Å². The van der Waals surface area contributed by atoms with Gasteiger partial charge in [0.15, 0.2) is 11.5 Å². The van der Waals surface area contributed by atoms with Crippen LogP contribution in [0.1, 0.15) is 35.4 Å². The Morgan fingerprint density at radius 1 is 0.944 bits per heavy atom. The topological polar surface area (TPSA) is 68.0 Å². The molecule has 0 spiro atoms. The molecule has 0 radical (unpaired) electrons. The van der Waals surface area contributed by atoms with E-state index in [2.05, 4.69) is 29.2 Å². The Labute approximate surface area is 225 Å². The number of nitrogens with two attached hydrogens (primary N) is 1. The van der Waals surface area contributed by atoms with Crippen molar-refractivity contribution in [3.63, 3.8) is 0 Å². The van der Waals surface area contributed by atoms with E-state index in [0.29, 0.717) is 29.6 Å². The van der Waals surface area contributed by atoms with Gasteiger partial charge in [-0.3, -0.25) is 0 Å². The monoisotopic (exact) mass is 536 g/mol. The summed E-state index contributed by atoms with van der Waals surface area (Å²) >= 11 is 0. The maximum Gasteiger partial charge on any atom is 0.163 e. The van der Waals surface area contributed by atoms with Gasteiger partial charge in [-0.15, -0.1) is 24.8 Å². The van der Waals surface area contributed by atoms with E-state index in [0.717, 1.165) is 37.9 Å². The van der Waals surface area contributed by atoms with Gasteiger partial charge in [-0.25, -0.2) is 4.39 Å². The molecule has 3 aromatic carbocycles. The number of aliphatic hydroxyl groups excluding tert-OH is 1. The summed E-state index contributed by atoms with van der Waals surface area (Å²) in [6, 6.07) is 20.7. The molecule has 1 fully saturated rings.